The molecular weight excluding hydrogens is 546 g/mol. The fraction of sp³-hybridized carbons (Fsp3) is 0.517. The number of piperidine rings is 1. The predicted molar refractivity (Wildman–Crippen MR) is 157 cm³/mol. The van der Waals surface area contributed by atoms with Gasteiger partial charge in [-0.3, -0.25) is 19.5 Å². The summed E-state index contributed by atoms with van der Waals surface area (Å²) in [4.78, 5) is 54.6. The summed E-state index contributed by atoms with van der Waals surface area (Å²) >= 11 is 6.45. The van der Waals surface area contributed by atoms with E-state index < -0.39 is 11.6 Å². The molecule has 2 aromatic heterocycles. The van der Waals surface area contributed by atoms with Gasteiger partial charge >= 0.3 is 6.03 Å². The molecule has 1 aromatic carbocycles. The van der Waals surface area contributed by atoms with Gasteiger partial charge in [-0.05, 0) is 44.9 Å². The smallest absolute Gasteiger partial charge is 0.320 e. The van der Waals surface area contributed by atoms with Crippen LogP contribution in [0.25, 0.3) is 21.8 Å². The summed E-state index contributed by atoms with van der Waals surface area (Å²) in [6.45, 7) is 7.32. The summed E-state index contributed by atoms with van der Waals surface area (Å²) in [5.41, 5.74) is 1.67. The van der Waals surface area contributed by atoms with Gasteiger partial charge in [0.15, 0.2) is 0 Å². The van der Waals surface area contributed by atoms with Crippen molar-refractivity contribution in [2.24, 2.45) is 0 Å². The quantitative estimate of drug-likeness (QED) is 0.478. The van der Waals surface area contributed by atoms with Crippen molar-refractivity contribution in [1.82, 2.24) is 29.6 Å². The maximum atomic E-state index is 13.7. The van der Waals surface area contributed by atoms with Gasteiger partial charge in [-0.25, -0.2) is 4.79 Å². The third kappa shape index (κ3) is 5.45. The van der Waals surface area contributed by atoms with Gasteiger partial charge in [-0.2, -0.15) is 0 Å². The summed E-state index contributed by atoms with van der Waals surface area (Å²) in [5.74, 6) is -0.277. The molecule has 4 amide bonds. The van der Waals surface area contributed by atoms with E-state index >= 15 is 0 Å². The zero-order valence-corrected chi connectivity index (χ0v) is 24.4. The molecule has 0 aliphatic carbocycles. The summed E-state index contributed by atoms with van der Waals surface area (Å²) in [6, 6.07) is 5.07. The number of pyridine rings is 1. The first-order valence-electron chi connectivity index (χ1n) is 14.1. The van der Waals surface area contributed by atoms with Crippen LogP contribution in [0.1, 0.15) is 26.7 Å². The number of likely N-dealkylation sites (N-methyl/N-ethyl adjacent to an activating group) is 1. The Balaban J connectivity index is 1.15. The lowest BCUT2D eigenvalue weighted by Gasteiger charge is -2.43. The number of amides is 4. The number of carbonyl (C=O) groups is 3. The highest BCUT2D eigenvalue weighted by molar-refractivity contribution is 6.33. The third-order valence-corrected chi connectivity index (χ3v) is 8.75. The van der Waals surface area contributed by atoms with Gasteiger partial charge < -0.3 is 29.7 Å². The van der Waals surface area contributed by atoms with Crippen molar-refractivity contribution in [3.63, 3.8) is 0 Å². The number of H-pyrrole nitrogens is 1. The van der Waals surface area contributed by atoms with E-state index in [-0.39, 0.29) is 37.0 Å². The maximum Gasteiger partial charge on any atom is 0.320 e. The van der Waals surface area contributed by atoms with Gasteiger partial charge in [0.2, 0.25) is 11.8 Å². The van der Waals surface area contributed by atoms with Crippen molar-refractivity contribution in [2.45, 2.75) is 44.4 Å². The van der Waals surface area contributed by atoms with Crippen LogP contribution in [0.4, 0.5) is 10.5 Å². The van der Waals surface area contributed by atoms with Gasteiger partial charge in [0.1, 0.15) is 6.04 Å². The number of nitrogens with one attached hydrogen (secondary N) is 2. The number of benzene rings is 1. The molecule has 0 saturated carbocycles. The monoisotopic (exact) mass is 581 g/mol. The van der Waals surface area contributed by atoms with Crippen LogP contribution in [-0.2, 0) is 14.3 Å². The van der Waals surface area contributed by atoms with Crippen LogP contribution in [0.15, 0.2) is 30.6 Å². The molecule has 3 aromatic rings. The van der Waals surface area contributed by atoms with E-state index in [1.165, 1.54) is 0 Å². The highest BCUT2D eigenvalue weighted by atomic mass is 35.5. The van der Waals surface area contributed by atoms with Crippen molar-refractivity contribution >= 4 is 56.9 Å². The molecule has 11 nitrogen and oxygen atoms in total. The minimum Gasteiger partial charge on any atom is -0.372 e. The standard InChI is InChI=1S/C29H36ClN7O4/c1-29(2)17-36(15-25(38)35-8-5-19(6-9-35)37-11-10-34(3)28(37)40)24(16-41-29)27(39)33-22-13-18(30)12-21-20-4-7-31-14-23(20)32-26(21)22/h4,7,12-14,19,24,32H,5-6,8-11,15-17H2,1-3H3,(H,33,39)/t24-/m0/s1. The number of hydrogen-bond donors (Lipinski definition) is 2. The average Bonchev–Trinajstić information content (AvgIpc) is 3.48. The topological polar surface area (TPSA) is 114 Å². The summed E-state index contributed by atoms with van der Waals surface area (Å²) in [5, 5.41) is 5.41. The van der Waals surface area contributed by atoms with E-state index in [9.17, 15) is 14.4 Å². The second-order valence-corrected chi connectivity index (χ2v) is 12.3. The number of aromatic amines is 1. The first kappa shape index (κ1) is 27.7. The summed E-state index contributed by atoms with van der Waals surface area (Å²) < 4.78 is 6.03. The highest BCUT2D eigenvalue weighted by Crippen LogP contribution is 2.34. The molecule has 0 bridgehead atoms. The SMILES string of the molecule is CN1CCN(C2CCN(C(=O)CN3CC(C)(C)OC[C@H]3C(=O)Nc3cc(Cl)cc4c3[nH]c3cnccc34)CC2)C1=O. The van der Waals surface area contributed by atoms with Gasteiger partial charge in [0, 0.05) is 67.8 Å². The molecule has 218 valence electrons. The Kier molecular flexibility index (Phi) is 7.29. The van der Waals surface area contributed by atoms with E-state index in [0.29, 0.717) is 30.3 Å². The number of urea groups is 1. The highest BCUT2D eigenvalue weighted by Gasteiger charge is 2.40. The van der Waals surface area contributed by atoms with Gasteiger partial charge in [-0.1, -0.05) is 11.6 Å². The number of anilines is 1. The molecule has 3 fully saturated rings. The lowest BCUT2D eigenvalue weighted by atomic mass is 10.0. The molecule has 6 rings (SSSR count). The van der Waals surface area contributed by atoms with E-state index in [2.05, 4.69) is 15.3 Å². The number of halogens is 1. The lowest BCUT2D eigenvalue weighted by molar-refractivity contribution is -0.150. The molecule has 3 aliphatic heterocycles. The Morgan fingerprint density at radius 2 is 1.95 bits per heavy atom. The van der Waals surface area contributed by atoms with Crippen LogP contribution in [0.2, 0.25) is 5.02 Å². The molecule has 1 atom stereocenters. The number of nitrogens with zero attached hydrogens (tertiary/aromatic N) is 5. The fourth-order valence-electron chi connectivity index (χ4n) is 6.30. The van der Waals surface area contributed by atoms with E-state index in [1.807, 2.05) is 47.7 Å². The third-order valence-electron chi connectivity index (χ3n) is 8.54. The van der Waals surface area contributed by atoms with Gasteiger partial charge in [0.25, 0.3) is 0 Å². The molecule has 2 N–H and O–H groups in total. The van der Waals surface area contributed by atoms with Gasteiger partial charge in [0.05, 0.1) is 41.7 Å². The largest absolute Gasteiger partial charge is 0.372 e. The van der Waals surface area contributed by atoms with Crippen molar-refractivity contribution in [3.8, 4) is 0 Å². The van der Waals surface area contributed by atoms with E-state index in [1.54, 1.807) is 23.4 Å². The molecule has 41 heavy (non-hydrogen) atoms. The number of aromatic nitrogens is 2. The number of hydrogen-bond acceptors (Lipinski definition) is 6. The lowest BCUT2D eigenvalue weighted by Crippen LogP contribution is -2.60. The predicted octanol–water partition coefficient (Wildman–Crippen LogP) is 3.15. The molecule has 3 saturated heterocycles. The van der Waals surface area contributed by atoms with Crippen LogP contribution in [0.5, 0.6) is 0 Å². The minimum absolute atomic E-state index is 0.0166. The van der Waals surface area contributed by atoms with Crippen molar-refractivity contribution < 1.29 is 19.1 Å². The Labute approximate surface area is 243 Å². The van der Waals surface area contributed by atoms with Crippen molar-refractivity contribution in [3.05, 3.63) is 35.6 Å². The Morgan fingerprint density at radius 1 is 1.17 bits per heavy atom. The van der Waals surface area contributed by atoms with Crippen LogP contribution >= 0.6 is 11.6 Å². The maximum absolute atomic E-state index is 13.7. The van der Waals surface area contributed by atoms with Crippen LogP contribution in [0, 0.1) is 0 Å². The summed E-state index contributed by atoms with van der Waals surface area (Å²) in [6.07, 6.45) is 4.98. The number of fused-ring (bicyclic) bond motifs is 3. The number of carbonyl (C=O) groups excluding carboxylic acids is 3. The Hall–Kier alpha value is -3.41. The molecular formula is C29H36ClN7O4. The van der Waals surface area contributed by atoms with Gasteiger partial charge in [-0.15, -0.1) is 0 Å². The second kappa shape index (κ2) is 10.8. The average molecular weight is 582 g/mol. The molecule has 0 radical (unpaired) electrons. The van der Waals surface area contributed by atoms with Crippen LogP contribution in [-0.4, -0.2) is 118 Å². The molecule has 3 aliphatic rings. The zero-order chi connectivity index (χ0) is 28.9. The second-order valence-electron chi connectivity index (χ2n) is 11.9. The first-order chi connectivity index (χ1) is 19.6. The van der Waals surface area contributed by atoms with E-state index in [0.717, 1.165) is 47.7 Å². The van der Waals surface area contributed by atoms with Crippen LogP contribution < -0.4 is 5.32 Å². The minimum atomic E-state index is -0.651. The zero-order valence-electron chi connectivity index (χ0n) is 23.7. The number of ether oxygens (including phenoxy) is 1. The van der Waals surface area contributed by atoms with E-state index in [4.69, 9.17) is 16.3 Å². The number of rotatable bonds is 5. The molecule has 12 heteroatoms. The van der Waals surface area contributed by atoms with Crippen molar-refractivity contribution in [1.29, 1.82) is 0 Å². The summed E-state index contributed by atoms with van der Waals surface area (Å²) in [7, 11) is 1.82. The number of likely N-dealkylation sites (tertiary alicyclic amines) is 1. The molecule has 0 spiro atoms. The fourth-order valence-corrected chi connectivity index (χ4v) is 6.52. The van der Waals surface area contributed by atoms with Crippen molar-refractivity contribution in [2.75, 3.05) is 58.2 Å². The normalized spacial score (nSPS) is 22.2. The molecule has 5 heterocycles. The number of morpholine rings is 1. The molecule has 0 unspecified atom stereocenters. The first-order valence-corrected chi connectivity index (χ1v) is 14.5. The Morgan fingerprint density at radius 3 is 2.68 bits per heavy atom. The Bertz CT molecular complexity index is 1500. The van der Waals surface area contributed by atoms with Crippen LogP contribution in [0.3, 0.4) is 0 Å².